The lowest BCUT2D eigenvalue weighted by molar-refractivity contribution is -0.139. The Morgan fingerprint density at radius 3 is 2.88 bits per heavy atom. The van der Waals surface area contributed by atoms with Gasteiger partial charge in [0.15, 0.2) is 0 Å². The number of nitrogens with one attached hydrogen (secondary N) is 2. The van der Waals surface area contributed by atoms with E-state index in [1.54, 1.807) is 7.05 Å². The molecule has 3 N–H and O–H groups in total. The van der Waals surface area contributed by atoms with E-state index in [0.717, 1.165) is 16.6 Å². The van der Waals surface area contributed by atoms with Gasteiger partial charge in [-0.15, -0.1) is 0 Å². The third-order valence-corrected chi connectivity index (χ3v) is 2.66. The Morgan fingerprint density at radius 1 is 1.50 bits per heavy atom. The van der Waals surface area contributed by atoms with Crippen LogP contribution in [0.1, 0.15) is 5.69 Å². The van der Waals surface area contributed by atoms with Gasteiger partial charge in [0, 0.05) is 17.6 Å². The highest BCUT2D eigenvalue weighted by Crippen LogP contribution is 2.15. The van der Waals surface area contributed by atoms with E-state index in [0.29, 0.717) is 6.42 Å². The predicted molar refractivity (Wildman–Crippen MR) is 62.5 cm³/mol. The largest absolute Gasteiger partial charge is 0.480 e. The van der Waals surface area contributed by atoms with E-state index in [1.165, 1.54) is 0 Å². The normalized spacial score (nSPS) is 12.8. The molecule has 0 aliphatic heterocycles. The van der Waals surface area contributed by atoms with Crippen LogP contribution in [-0.4, -0.2) is 29.1 Å². The number of para-hydroxylation sites is 1. The van der Waals surface area contributed by atoms with Crippen LogP contribution < -0.4 is 5.32 Å². The first kappa shape index (κ1) is 10.7. The van der Waals surface area contributed by atoms with Crippen molar-refractivity contribution >= 4 is 16.9 Å². The van der Waals surface area contributed by atoms with Crippen molar-refractivity contribution in [2.45, 2.75) is 12.5 Å². The molecule has 0 bridgehead atoms. The molecule has 1 aromatic heterocycles. The van der Waals surface area contributed by atoms with Gasteiger partial charge in [-0.25, -0.2) is 0 Å². The van der Waals surface area contributed by atoms with Crippen molar-refractivity contribution < 1.29 is 9.90 Å². The van der Waals surface area contributed by atoms with Gasteiger partial charge in [-0.3, -0.25) is 4.79 Å². The highest BCUT2D eigenvalue weighted by atomic mass is 16.4. The Morgan fingerprint density at radius 2 is 2.25 bits per heavy atom. The quantitative estimate of drug-likeness (QED) is 0.726. The lowest BCUT2D eigenvalue weighted by Crippen LogP contribution is -2.35. The van der Waals surface area contributed by atoms with Crippen LogP contribution in [0.2, 0.25) is 0 Å². The Labute approximate surface area is 93.3 Å². The van der Waals surface area contributed by atoms with Crippen molar-refractivity contribution in [1.82, 2.24) is 10.3 Å². The first-order valence-electron chi connectivity index (χ1n) is 5.17. The molecule has 1 heterocycles. The standard InChI is InChI=1S/C12H14N2O2/c1-13-11(12(15)16)7-9-6-8-4-2-3-5-10(8)14-9/h2-6,11,13-14H,7H2,1H3,(H,15,16)/t11-/m0/s1. The molecule has 1 atom stereocenters. The Hall–Kier alpha value is -1.81. The van der Waals surface area contributed by atoms with E-state index in [2.05, 4.69) is 10.3 Å². The molecule has 0 aliphatic rings. The molecular formula is C12H14N2O2. The number of benzene rings is 1. The average molecular weight is 218 g/mol. The Bertz CT molecular complexity index is 471. The summed E-state index contributed by atoms with van der Waals surface area (Å²) < 4.78 is 0. The van der Waals surface area contributed by atoms with Crippen LogP contribution in [0.25, 0.3) is 10.9 Å². The number of aliphatic carboxylic acids is 1. The minimum Gasteiger partial charge on any atom is -0.480 e. The van der Waals surface area contributed by atoms with Gasteiger partial charge in [0.2, 0.25) is 0 Å². The monoisotopic (exact) mass is 218 g/mol. The number of hydrogen-bond donors (Lipinski definition) is 3. The highest BCUT2D eigenvalue weighted by molar-refractivity contribution is 5.80. The summed E-state index contributed by atoms with van der Waals surface area (Å²) in [6.45, 7) is 0. The molecule has 0 fully saturated rings. The number of carboxylic acids is 1. The number of carboxylic acid groups (broad SMARTS) is 1. The van der Waals surface area contributed by atoms with Crippen LogP contribution in [-0.2, 0) is 11.2 Å². The number of aromatic nitrogens is 1. The van der Waals surface area contributed by atoms with Crippen LogP contribution in [0.15, 0.2) is 30.3 Å². The van der Waals surface area contributed by atoms with Gasteiger partial charge in [-0.05, 0) is 24.6 Å². The van der Waals surface area contributed by atoms with E-state index in [4.69, 9.17) is 5.11 Å². The number of hydrogen-bond acceptors (Lipinski definition) is 2. The summed E-state index contributed by atoms with van der Waals surface area (Å²) in [6.07, 6.45) is 0.459. The molecule has 1 aromatic carbocycles. The van der Waals surface area contributed by atoms with Crippen molar-refractivity contribution in [2.75, 3.05) is 7.05 Å². The number of aromatic amines is 1. The molecule has 0 unspecified atom stereocenters. The summed E-state index contributed by atoms with van der Waals surface area (Å²) in [5.41, 5.74) is 1.97. The second-order valence-electron chi connectivity index (χ2n) is 3.77. The zero-order valence-electron chi connectivity index (χ0n) is 9.03. The molecule has 4 heteroatoms. The van der Waals surface area contributed by atoms with Crippen LogP contribution in [0.5, 0.6) is 0 Å². The van der Waals surface area contributed by atoms with E-state index in [9.17, 15) is 4.79 Å². The summed E-state index contributed by atoms with van der Waals surface area (Å²) in [6, 6.07) is 9.34. The number of carbonyl (C=O) groups is 1. The molecule has 0 aliphatic carbocycles. The number of fused-ring (bicyclic) bond motifs is 1. The maximum absolute atomic E-state index is 10.9. The molecule has 0 spiro atoms. The van der Waals surface area contributed by atoms with Crippen molar-refractivity contribution in [3.8, 4) is 0 Å². The topological polar surface area (TPSA) is 65.1 Å². The molecule has 2 aromatic rings. The maximum atomic E-state index is 10.9. The molecule has 0 radical (unpaired) electrons. The molecule has 0 saturated carbocycles. The van der Waals surface area contributed by atoms with Crippen molar-refractivity contribution in [2.24, 2.45) is 0 Å². The summed E-state index contributed by atoms with van der Waals surface area (Å²) in [5, 5.41) is 12.8. The second-order valence-corrected chi connectivity index (χ2v) is 3.77. The lowest BCUT2D eigenvalue weighted by Gasteiger charge is -2.08. The molecular weight excluding hydrogens is 204 g/mol. The number of likely N-dealkylation sites (N-methyl/N-ethyl adjacent to an activating group) is 1. The summed E-state index contributed by atoms with van der Waals surface area (Å²) in [4.78, 5) is 14.1. The van der Waals surface area contributed by atoms with Crippen LogP contribution in [0.4, 0.5) is 0 Å². The van der Waals surface area contributed by atoms with Gasteiger partial charge >= 0.3 is 5.97 Å². The fourth-order valence-electron chi connectivity index (χ4n) is 1.78. The molecule has 16 heavy (non-hydrogen) atoms. The van der Waals surface area contributed by atoms with Gasteiger partial charge in [0.05, 0.1) is 0 Å². The van der Waals surface area contributed by atoms with E-state index in [1.807, 2.05) is 30.3 Å². The fourth-order valence-corrected chi connectivity index (χ4v) is 1.78. The van der Waals surface area contributed by atoms with Crippen molar-refractivity contribution in [1.29, 1.82) is 0 Å². The zero-order chi connectivity index (χ0) is 11.5. The van der Waals surface area contributed by atoms with Gasteiger partial charge in [0.1, 0.15) is 6.04 Å². The Kier molecular flexibility index (Phi) is 2.92. The van der Waals surface area contributed by atoms with E-state index < -0.39 is 12.0 Å². The smallest absolute Gasteiger partial charge is 0.321 e. The second kappa shape index (κ2) is 4.37. The van der Waals surface area contributed by atoms with Crippen LogP contribution in [0, 0.1) is 0 Å². The minimum absolute atomic E-state index is 0.459. The lowest BCUT2D eigenvalue weighted by atomic mass is 10.1. The molecule has 2 rings (SSSR count). The first-order valence-corrected chi connectivity index (χ1v) is 5.17. The Balaban J connectivity index is 2.24. The minimum atomic E-state index is -0.832. The summed E-state index contributed by atoms with van der Waals surface area (Å²) in [7, 11) is 1.65. The van der Waals surface area contributed by atoms with Crippen LogP contribution in [0.3, 0.4) is 0 Å². The van der Waals surface area contributed by atoms with Gasteiger partial charge in [-0.1, -0.05) is 18.2 Å². The zero-order valence-corrected chi connectivity index (χ0v) is 9.03. The number of rotatable bonds is 4. The first-order chi connectivity index (χ1) is 7.70. The third-order valence-electron chi connectivity index (χ3n) is 2.66. The van der Waals surface area contributed by atoms with E-state index >= 15 is 0 Å². The fraction of sp³-hybridized carbons (Fsp3) is 0.250. The molecule has 0 saturated heterocycles. The van der Waals surface area contributed by atoms with E-state index in [-0.39, 0.29) is 0 Å². The summed E-state index contributed by atoms with van der Waals surface area (Å²) >= 11 is 0. The number of H-pyrrole nitrogens is 1. The molecule has 0 amide bonds. The average Bonchev–Trinajstić information content (AvgIpc) is 2.67. The molecule has 84 valence electrons. The van der Waals surface area contributed by atoms with Crippen LogP contribution >= 0.6 is 0 Å². The SMILES string of the molecule is CN[C@@H](Cc1cc2ccccc2[nH]1)C(=O)O. The van der Waals surface area contributed by atoms with Crippen molar-refractivity contribution in [3.63, 3.8) is 0 Å². The predicted octanol–water partition coefficient (Wildman–Crippen LogP) is 1.38. The highest BCUT2D eigenvalue weighted by Gasteiger charge is 2.16. The molecule has 4 nitrogen and oxygen atoms in total. The van der Waals surface area contributed by atoms with Crippen molar-refractivity contribution in [3.05, 3.63) is 36.0 Å². The van der Waals surface area contributed by atoms with Gasteiger partial charge < -0.3 is 15.4 Å². The summed E-state index contributed by atoms with van der Waals surface area (Å²) in [5.74, 6) is -0.832. The third kappa shape index (κ3) is 2.06. The maximum Gasteiger partial charge on any atom is 0.321 e. The van der Waals surface area contributed by atoms with Gasteiger partial charge in [-0.2, -0.15) is 0 Å². The van der Waals surface area contributed by atoms with Gasteiger partial charge in [0.25, 0.3) is 0 Å².